The summed E-state index contributed by atoms with van der Waals surface area (Å²) in [6.45, 7) is 4.58. The Morgan fingerprint density at radius 1 is 0.508 bits per heavy atom. The zero-order valence-corrected chi connectivity index (χ0v) is 40.1. The first-order valence-corrected chi connectivity index (χ1v) is 24.9. The smallest absolute Gasteiger partial charge is 0.362 e. The number of esters is 2. The highest BCUT2D eigenvalue weighted by Crippen LogP contribution is 2.15. The van der Waals surface area contributed by atoms with Gasteiger partial charge in [0, 0.05) is 19.3 Å². The molecule has 61 heavy (non-hydrogen) atoms. The molecule has 0 rings (SSSR count). The van der Waals surface area contributed by atoms with Crippen molar-refractivity contribution in [3.8, 4) is 0 Å². The van der Waals surface area contributed by atoms with Crippen LogP contribution in [0.2, 0.25) is 0 Å². The highest BCUT2D eigenvalue weighted by molar-refractivity contribution is 5.72. The molecule has 0 bridgehead atoms. The average molecular weight is 857 g/mol. The van der Waals surface area contributed by atoms with Crippen molar-refractivity contribution in [3.05, 3.63) is 60.8 Å². The van der Waals surface area contributed by atoms with Gasteiger partial charge in [0.05, 0.1) is 34.4 Å². The molecule has 2 atom stereocenters. The molecule has 0 aromatic carbocycles. The minimum atomic E-state index is -0.880. The summed E-state index contributed by atoms with van der Waals surface area (Å²) in [5.41, 5.74) is 0. The van der Waals surface area contributed by atoms with Crippen LogP contribution in [0.3, 0.4) is 0 Å². The Kier molecular flexibility index (Phi) is 41.5. The number of nitrogens with zero attached hydrogens (tertiary/aromatic N) is 1. The molecule has 8 nitrogen and oxygen atoms in total. The molecule has 0 aromatic rings. The molecule has 0 saturated heterocycles. The molecule has 0 aliphatic heterocycles. The maximum absolute atomic E-state index is 12.8. The van der Waals surface area contributed by atoms with Gasteiger partial charge in [0.25, 0.3) is 0 Å². The van der Waals surface area contributed by atoms with Gasteiger partial charge in [-0.3, -0.25) is 9.59 Å². The molecule has 0 aliphatic rings. The van der Waals surface area contributed by atoms with Gasteiger partial charge in [0.1, 0.15) is 6.61 Å². The van der Waals surface area contributed by atoms with Crippen LogP contribution in [-0.2, 0) is 28.6 Å². The van der Waals surface area contributed by atoms with Crippen LogP contribution < -0.4 is 0 Å². The molecule has 2 unspecified atom stereocenters. The second-order valence-corrected chi connectivity index (χ2v) is 17.8. The van der Waals surface area contributed by atoms with Crippen molar-refractivity contribution in [2.75, 3.05) is 41.0 Å². The summed E-state index contributed by atoms with van der Waals surface area (Å²) in [5.74, 6) is -1.50. The molecule has 0 aromatic heterocycles. The van der Waals surface area contributed by atoms with E-state index in [1.807, 2.05) is 45.4 Å². The molecule has 1 N–H and O–H groups in total. The predicted molar refractivity (Wildman–Crippen MR) is 257 cm³/mol. The number of allylic oxidation sites excluding steroid dienone is 10. The van der Waals surface area contributed by atoms with Gasteiger partial charge in [-0.15, -0.1) is 0 Å². The van der Waals surface area contributed by atoms with Gasteiger partial charge in [-0.1, -0.05) is 190 Å². The summed E-state index contributed by atoms with van der Waals surface area (Å²) in [4.78, 5) is 37.1. The first-order chi connectivity index (χ1) is 29.6. The van der Waals surface area contributed by atoms with E-state index in [9.17, 15) is 19.5 Å². The molecule has 0 radical (unpaired) electrons. The number of carbonyl (C=O) groups excluding carboxylic acids is 2. The zero-order valence-electron chi connectivity index (χ0n) is 40.1. The Labute approximate surface area is 375 Å². The van der Waals surface area contributed by atoms with E-state index in [4.69, 9.17) is 14.2 Å². The standard InChI is InChI=1S/C53H93NO7/c1-6-8-10-12-14-16-18-20-22-23-24-25-26-27-28-30-32-34-36-38-40-42-44-52(56)61-49(47-59-46-45-50(53(57)58)54(3,4)5)48-60-51(55)43-41-39-37-35-33-31-29-21-19-17-15-13-11-9-7-2/h9,11,13,15,17,19,21,26-27,29,49-50H,6-8,10,12,14,16,18,20,22-25,28,30-48H2,1-5H3/p+1/b11-9+,15-13+,19-17+,27-26+,29-21+. The van der Waals surface area contributed by atoms with Crippen LogP contribution in [0.25, 0.3) is 0 Å². The van der Waals surface area contributed by atoms with E-state index in [0.717, 1.165) is 64.2 Å². The number of rotatable bonds is 44. The summed E-state index contributed by atoms with van der Waals surface area (Å²) in [6.07, 6.45) is 54.1. The first kappa shape index (κ1) is 58.0. The van der Waals surface area contributed by atoms with E-state index < -0.39 is 18.1 Å². The fourth-order valence-electron chi connectivity index (χ4n) is 7.16. The average Bonchev–Trinajstić information content (AvgIpc) is 3.22. The second-order valence-electron chi connectivity index (χ2n) is 17.8. The van der Waals surface area contributed by atoms with Crippen LogP contribution in [-0.4, -0.2) is 80.6 Å². The van der Waals surface area contributed by atoms with Crippen molar-refractivity contribution >= 4 is 17.9 Å². The number of unbranched alkanes of at least 4 members (excludes halogenated alkanes) is 23. The number of carbonyl (C=O) groups is 3. The fraction of sp³-hybridized carbons (Fsp3) is 0.755. The molecule has 0 spiro atoms. The lowest BCUT2D eigenvalue weighted by Gasteiger charge is -2.31. The molecule has 0 heterocycles. The molecule has 0 fully saturated rings. The highest BCUT2D eigenvalue weighted by Gasteiger charge is 2.31. The van der Waals surface area contributed by atoms with Crippen molar-refractivity contribution in [2.24, 2.45) is 0 Å². The van der Waals surface area contributed by atoms with Crippen molar-refractivity contribution < 1.29 is 38.2 Å². The number of hydrogen-bond donors (Lipinski definition) is 1. The lowest BCUT2D eigenvalue weighted by atomic mass is 10.0. The number of likely N-dealkylation sites (N-methyl/N-ethyl adjacent to an activating group) is 1. The van der Waals surface area contributed by atoms with E-state index in [1.165, 1.54) is 109 Å². The second kappa shape index (κ2) is 43.7. The van der Waals surface area contributed by atoms with Gasteiger partial charge in [0.15, 0.2) is 12.1 Å². The van der Waals surface area contributed by atoms with Crippen LogP contribution in [0, 0.1) is 0 Å². The van der Waals surface area contributed by atoms with Gasteiger partial charge in [-0.05, 0) is 57.8 Å². The van der Waals surface area contributed by atoms with Gasteiger partial charge >= 0.3 is 17.9 Å². The largest absolute Gasteiger partial charge is 0.477 e. The topological polar surface area (TPSA) is 99.1 Å². The van der Waals surface area contributed by atoms with Crippen LogP contribution in [0.4, 0.5) is 0 Å². The lowest BCUT2D eigenvalue weighted by molar-refractivity contribution is -0.887. The third-order valence-corrected chi connectivity index (χ3v) is 11.0. The molecular weight excluding hydrogens is 763 g/mol. The van der Waals surface area contributed by atoms with Gasteiger partial charge in [-0.2, -0.15) is 0 Å². The minimum absolute atomic E-state index is 0.0499. The van der Waals surface area contributed by atoms with E-state index in [2.05, 4.69) is 50.3 Å². The Morgan fingerprint density at radius 2 is 0.934 bits per heavy atom. The van der Waals surface area contributed by atoms with Crippen molar-refractivity contribution in [1.29, 1.82) is 0 Å². The number of quaternary nitrogens is 1. The number of hydrogen-bond acceptors (Lipinski definition) is 6. The highest BCUT2D eigenvalue weighted by atomic mass is 16.6. The minimum Gasteiger partial charge on any atom is -0.477 e. The molecule has 0 aliphatic carbocycles. The summed E-state index contributed by atoms with van der Waals surface area (Å²) >= 11 is 0. The number of carboxylic acids is 1. The van der Waals surface area contributed by atoms with Crippen LogP contribution in [0.1, 0.15) is 206 Å². The maximum atomic E-state index is 12.8. The maximum Gasteiger partial charge on any atom is 0.362 e. The summed E-state index contributed by atoms with van der Waals surface area (Å²) in [7, 11) is 5.52. The number of carboxylic acid groups (broad SMARTS) is 1. The van der Waals surface area contributed by atoms with Crippen molar-refractivity contribution in [3.63, 3.8) is 0 Å². The third-order valence-electron chi connectivity index (χ3n) is 11.0. The van der Waals surface area contributed by atoms with Crippen LogP contribution >= 0.6 is 0 Å². The number of ether oxygens (including phenoxy) is 3. The Hall–Kier alpha value is -2.97. The fourth-order valence-corrected chi connectivity index (χ4v) is 7.16. The van der Waals surface area contributed by atoms with Gasteiger partial charge < -0.3 is 23.8 Å². The Balaban J connectivity index is 4.28. The lowest BCUT2D eigenvalue weighted by Crippen LogP contribution is -2.50. The predicted octanol–water partition coefficient (Wildman–Crippen LogP) is 14.1. The third kappa shape index (κ3) is 42.1. The first-order valence-electron chi connectivity index (χ1n) is 24.9. The van der Waals surface area contributed by atoms with E-state index in [-0.39, 0.29) is 36.2 Å². The summed E-state index contributed by atoms with van der Waals surface area (Å²) < 4.78 is 17.3. The molecule has 0 amide bonds. The molecule has 0 saturated carbocycles. The number of aliphatic carboxylic acids is 1. The van der Waals surface area contributed by atoms with Crippen LogP contribution in [0.5, 0.6) is 0 Å². The molecular formula is C53H94NO7+. The Bertz CT molecular complexity index is 1180. The Morgan fingerprint density at radius 3 is 1.41 bits per heavy atom. The molecule has 352 valence electrons. The van der Waals surface area contributed by atoms with Gasteiger partial charge in [0.2, 0.25) is 0 Å². The van der Waals surface area contributed by atoms with E-state index in [0.29, 0.717) is 19.3 Å². The van der Waals surface area contributed by atoms with E-state index in [1.54, 1.807) is 0 Å². The van der Waals surface area contributed by atoms with Crippen molar-refractivity contribution in [2.45, 2.75) is 219 Å². The van der Waals surface area contributed by atoms with Gasteiger partial charge in [-0.25, -0.2) is 4.79 Å². The monoisotopic (exact) mass is 857 g/mol. The zero-order chi connectivity index (χ0) is 44.9. The van der Waals surface area contributed by atoms with Crippen molar-refractivity contribution in [1.82, 2.24) is 0 Å². The normalized spacial score (nSPS) is 13.4. The summed E-state index contributed by atoms with van der Waals surface area (Å²) in [5, 5.41) is 9.64. The van der Waals surface area contributed by atoms with E-state index >= 15 is 0 Å². The SMILES string of the molecule is CC/C=C/C=C/C=C/C=C/CCCCCCCC(=O)OCC(COCCC(C(=O)O)[N+](C)(C)C)OC(=O)CCCCCCCCC/C=C/CCCCCCCCCCCCC. The quantitative estimate of drug-likeness (QED) is 0.0214. The summed E-state index contributed by atoms with van der Waals surface area (Å²) in [6, 6.07) is -0.621. The van der Waals surface area contributed by atoms with Crippen LogP contribution in [0.15, 0.2) is 60.8 Å². The molecule has 8 heteroatoms.